The van der Waals surface area contributed by atoms with Gasteiger partial charge in [-0.1, -0.05) is 0 Å². The van der Waals surface area contributed by atoms with Gasteiger partial charge in [-0.15, -0.1) is 0 Å². The molecule has 4 nitrogen and oxygen atoms in total. The van der Waals surface area contributed by atoms with Gasteiger partial charge in [-0.25, -0.2) is 0 Å². The Bertz CT molecular complexity index is 114. The standard InChI is InChI=1S/C4H9.2C2H4O2.Al/c1-4(2)3;2*1-2(3)4;/h4H,1H2,2-3H3;2*1H3,(H,3,4);/q;;;+2/p-2. The summed E-state index contributed by atoms with van der Waals surface area (Å²) in [6, 6.07) is 0. The summed E-state index contributed by atoms with van der Waals surface area (Å²) in [7, 11) is 0. The molecule has 0 aliphatic carbocycles. The van der Waals surface area contributed by atoms with Crippen molar-refractivity contribution in [2.45, 2.75) is 33.0 Å². The first-order valence-corrected chi connectivity index (χ1v) is 4.60. The molecule has 74 valence electrons. The maximum absolute atomic E-state index is 8.89. The van der Waals surface area contributed by atoms with Crippen molar-refractivity contribution in [2.24, 2.45) is 5.92 Å². The molecule has 5 heteroatoms. The summed E-state index contributed by atoms with van der Waals surface area (Å²) < 4.78 is 0. The van der Waals surface area contributed by atoms with Crippen molar-refractivity contribution in [1.29, 1.82) is 0 Å². The summed E-state index contributed by atoms with van der Waals surface area (Å²) in [5.74, 6) is -1.32. The summed E-state index contributed by atoms with van der Waals surface area (Å²) in [5.41, 5.74) is 0. The van der Waals surface area contributed by atoms with Crippen LogP contribution in [-0.2, 0) is 9.59 Å². The first-order valence-electron chi connectivity index (χ1n) is 3.79. The van der Waals surface area contributed by atoms with Crippen LogP contribution in [0.2, 0.25) is 5.28 Å². The van der Waals surface area contributed by atoms with Gasteiger partial charge < -0.3 is 19.8 Å². The van der Waals surface area contributed by atoms with Crippen LogP contribution < -0.4 is 10.2 Å². The Hall–Kier alpha value is -0.528. The second kappa shape index (κ2) is 14.0. The third-order valence-corrected chi connectivity index (χ3v) is 1.41. The molecule has 0 spiro atoms. The summed E-state index contributed by atoms with van der Waals surface area (Å²) in [4.78, 5) is 17.8. The number of rotatable bonds is 1. The fourth-order valence-corrected chi connectivity index (χ4v) is 0. The van der Waals surface area contributed by atoms with Crippen LogP contribution >= 0.6 is 0 Å². The first kappa shape index (κ1) is 18.3. The fraction of sp³-hybridized carbons (Fsp3) is 0.750. The van der Waals surface area contributed by atoms with Crippen LogP contribution in [0.4, 0.5) is 0 Å². The Morgan fingerprint density at radius 1 is 1.15 bits per heavy atom. The van der Waals surface area contributed by atoms with E-state index in [1.165, 1.54) is 5.28 Å². The molecule has 0 saturated carbocycles. The molecule has 0 bridgehead atoms. The van der Waals surface area contributed by atoms with Gasteiger partial charge in [0.05, 0.1) is 0 Å². The third kappa shape index (κ3) is 475. The molecule has 0 fully saturated rings. The quantitative estimate of drug-likeness (QED) is 0.497. The summed E-state index contributed by atoms with van der Waals surface area (Å²) >= 11 is 2.69. The molecule has 0 atom stereocenters. The molecule has 0 aromatic carbocycles. The van der Waals surface area contributed by atoms with E-state index < -0.39 is 11.9 Å². The number of carboxylic acid groups (broad SMARTS) is 2. The number of carbonyl (C=O) groups is 2. The van der Waals surface area contributed by atoms with Gasteiger partial charge in [-0.05, 0) is 13.8 Å². The van der Waals surface area contributed by atoms with E-state index in [0.717, 1.165) is 19.8 Å². The van der Waals surface area contributed by atoms with Gasteiger partial charge in [0.15, 0.2) is 0 Å². The van der Waals surface area contributed by atoms with Gasteiger partial charge in [-0.2, -0.15) is 0 Å². The maximum atomic E-state index is 8.89. The molecule has 0 radical (unpaired) electrons. The van der Waals surface area contributed by atoms with Crippen molar-refractivity contribution in [3.05, 3.63) is 0 Å². The minimum atomic E-state index is -1.08. The molecule has 0 aromatic rings. The van der Waals surface area contributed by atoms with Crippen molar-refractivity contribution in [2.75, 3.05) is 0 Å². The van der Waals surface area contributed by atoms with Crippen LogP contribution in [0.5, 0.6) is 0 Å². The van der Waals surface area contributed by atoms with Gasteiger partial charge >= 0.3 is 41.3 Å². The third-order valence-electron chi connectivity index (χ3n) is 0.471. The van der Waals surface area contributed by atoms with Crippen LogP contribution in [0.15, 0.2) is 0 Å². The minimum absolute atomic E-state index is 0.847. The average molecular weight is 202 g/mol. The van der Waals surface area contributed by atoms with Crippen molar-refractivity contribution >= 4 is 28.2 Å². The SMILES string of the molecule is CC(=O)[O-].CC(=O)[O-].CC(C)[CH2][Al+2]. The van der Waals surface area contributed by atoms with Crippen molar-refractivity contribution < 1.29 is 19.8 Å². The number of hydrogen-bond donors (Lipinski definition) is 0. The zero-order chi connectivity index (χ0) is 11.4. The van der Waals surface area contributed by atoms with E-state index in [4.69, 9.17) is 19.8 Å². The predicted molar refractivity (Wildman–Crippen MR) is 46.8 cm³/mol. The summed E-state index contributed by atoms with van der Waals surface area (Å²) in [5, 5.41) is 19.0. The Morgan fingerprint density at radius 3 is 1.23 bits per heavy atom. The molecule has 0 amide bonds. The molecule has 0 unspecified atom stereocenters. The Morgan fingerprint density at radius 2 is 1.23 bits per heavy atom. The predicted octanol–water partition coefficient (Wildman–Crippen LogP) is -1.26. The van der Waals surface area contributed by atoms with E-state index in [2.05, 4.69) is 30.1 Å². The molecule has 0 N–H and O–H groups in total. The monoisotopic (exact) mass is 202 g/mol. The van der Waals surface area contributed by atoms with E-state index in [9.17, 15) is 0 Å². The van der Waals surface area contributed by atoms with Crippen molar-refractivity contribution in [3.63, 3.8) is 0 Å². The molecule has 0 aliphatic heterocycles. The molecule has 0 rings (SSSR count). The number of carbonyl (C=O) groups excluding carboxylic acids is 2. The van der Waals surface area contributed by atoms with Crippen LogP contribution in [0.25, 0.3) is 0 Å². The Labute approximate surface area is 87.4 Å². The number of aliphatic carboxylic acids is 2. The molecule has 0 saturated heterocycles. The van der Waals surface area contributed by atoms with Crippen molar-refractivity contribution in [3.8, 4) is 0 Å². The number of hydrogen-bond acceptors (Lipinski definition) is 4. The van der Waals surface area contributed by atoms with Gasteiger partial charge in [0.2, 0.25) is 0 Å². The Balaban J connectivity index is -0.000000117. The molecule has 0 aliphatic rings. The second-order valence-electron chi connectivity index (χ2n) is 2.61. The molecule has 0 aromatic heterocycles. The van der Waals surface area contributed by atoms with Gasteiger partial charge in [0, 0.05) is 11.9 Å². The normalized spacial score (nSPS) is 7.62. The second-order valence-corrected chi connectivity index (χ2v) is 3.08. The van der Waals surface area contributed by atoms with Crippen LogP contribution in [0, 0.1) is 5.92 Å². The van der Waals surface area contributed by atoms with E-state index in [-0.39, 0.29) is 0 Å². The van der Waals surface area contributed by atoms with Crippen LogP contribution in [0.3, 0.4) is 0 Å². The zero-order valence-electron chi connectivity index (χ0n) is 8.49. The van der Waals surface area contributed by atoms with Gasteiger partial charge in [0.1, 0.15) is 0 Å². The van der Waals surface area contributed by atoms with Gasteiger partial charge in [0.25, 0.3) is 0 Å². The topological polar surface area (TPSA) is 80.3 Å². The van der Waals surface area contributed by atoms with E-state index >= 15 is 0 Å². The molecular formula is C8H15AlO4. The fourth-order valence-electron chi connectivity index (χ4n) is 0. The van der Waals surface area contributed by atoms with Crippen LogP contribution in [0.1, 0.15) is 27.7 Å². The Kier molecular flexibility index (Phi) is 19.7. The van der Waals surface area contributed by atoms with E-state index in [1.807, 2.05) is 0 Å². The zero-order valence-corrected chi connectivity index (χ0v) is 9.65. The molecule has 13 heavy (non-hydrogen) atoms. The number of carboxylic acids is 2. The summed E-state index contributed by atoms with van der Waals surface area (Å²) in [6.45, 7) is 6.35. The van der Waals surface area contributed by atoms with Gasteiger partial charge in [-0.3, -0.25) is 0 Å². The molecular weight excluding hydrogens is 187 g/mol. The average Bonchev–Trinajstić information content (AvgIpc) is 1.84. The molecule has 0 heterocycles. The summed E-state index contributed by atoms with van der Waals surface area (Å²) in [6.07, 6.45) is 0. The van der Waals surface area contributed by atoms with Crippen molar-refractivity contribution in [1.82, 2.24) is 0 Å². The van der Waals surface area contributed by atoms with E-state index in [0.29, 0.717) is 0 Å². The van der Waals surface area contributed by atoms with E-state index in [1.54, 1.807) is 0 Å². The van der Waals surface area contributed by atoms with Crippen LogP contribution in [-0.4, -0.2) is 28.2 Å². The first-order chi connectivity index (χ1) is 5.73.